The predicted molar refractivity (Wildman–Crippen MR) is 40.3 cm³/mol. The van der Waals surface area contributed by atoms with Crippen LogP contribution >= 0.6 is 0 Å². The molecule has 0 aliphatic heterocycles. The zero-order valence-corrected chi connectivity index (χ0v) is 6.26. The van der Waals surface area contributed by atoms with Crippen LogP contribution in [-0.2, 0) is 4.79 Å². The molecular formula is C6H15N3O. The fourth-order valence-electron chi connectivity index (χ4n) is 0.641. The fourth-order valence-corrected chi connectivity index (χ4v) is 0.641. The van der Waals surface area contributed by atoms with Gasteiger partial charge in [-0.2, -0.15) is 0 Å². The largest absolute Gasteiger partial charge is 0.368 e. The Hall–Kier alpha value is -0.610. The minimum atomic E-state index is -0.478. The van der Waals surface area contributed by atoms with Crippen LogP contribution in [0.15, 0.2) is 0 Å². The van der Waals surface area contributed by atoms with E-state index in [4.69, 9.17) is 11.5 Å². The number of carbonyl (C=O) groups excluding carboxylic acids is 1. The molecular weight excluding hydrogens is 130 g/mol. The van der Waals surface area contributed by atoms with Crippen LogP contribution in [0.4, 0.5) is 0 Å². The molecule has 0 spiro atoms. The molecule has 0 aromatic rings. The molecule has 1 atom stereocenters. The van der Waals surface area contributed by atoms with Crippen molar-refractivity contribution >= 4 is 5.91 Å². The first-order chi connectivity index (χ1) is 4.68. The zero-order chi connectivity index (χ0) is 7.98. The summed E-state index contributed by atoms with van der Waals surface area (Å²) in [4.78, 5) is 10.4. The summed E-state index contributed by atoms with van der Waals surface area (Å²) >= 11 is 0. The summed E-state index contributed by atoms with van der Waals surface area (Å²) in [6.45, 7) is 0.876. The average Bonchev–Trinajstić information content (AvgIpc) is 1.88. The van der Waals surface area contributed by atoms with Crippen molar-refractivity contribution in [1.29, 1.82) is 0 Å². The average molecular weight is 145 g/mol. The fraction of sp³-hybridized carbons (Fsp3) is 0.833. The third-order valence-corrected chi connectivity index (χ3v) is 1.31. The summed E-state index contributed by atoms with van der Waals surface area (Å²) in [5, 5.41) is 2.95. The van der Waals surface area contributed by atoms with E-state index in [-0.39, 0.29) is 0 Å². The molecule has 1 amide bonds. The molecule has 0 saturated carbocycles. The Bertz CT molecular complexity index is 105. The maximum Gasteiger partial charge on any atom is 0.234 e. The smallest absolute Gasteiger partial charge is 0.234 e. The van der Waals surface area contributed by atoms with Crippen LogP contribution in [0.25, 0.3) is 0 Å². The van der Waals surface area contributed by atoms with Gasteiger partial charge >= 0.3 is 0 Å². The first-order valence-electron chi connectivity index (χ1n) is 3.38. The summed E-state index contributed by atoms with van der Waals surface area (Å²) in [5.41, 5.74) is 10.3. The summed E-state index contributed by atoms with van der Waals surface area (Å²) in [6, 6.07) is -0.478. The summed E-state index contributed by atoms with van der Waals surface area (Å²) in [5.74, 6) is -0.420. The molecule has 0 heterocycles. The standard InChI is InChI=1S/C6H15N3O/c1-9-4-2-3-5(7)6(8)10/h5,9H,2-4,7H2,1H3,(H2,8,10). The number of rotatable bonds is 5. The number of primary amides is 1. The maximum absolute atomic E-state index is 10.4. The van der Waals surface area contributed by atoms with Crippen LogP contribution in [0.1, 0.15) is 12.8 Å². The Morgan fingerprint density at radius 2 is 2.30 bits per heavy atom. The molecule has 4 nitrogen and oxygen atoms in total. The lowest BCUT2D eigenvalue weighted by Crippen LogP contribution is -2.36. The second kappa shape index (κ2) is 5.20. The lowest BCUT2D eigenvalue weighted by molar-refractivity contribution is -0.119. The van der Waals surface area contributed by atoms with Gasteiger partial charge < -0.3 is 16.8 Å². The highest BCUT2D eigenvalue weighted by atomic mass is 16.1. The molecule has 4 heteroatoms. The van der Waals surface area contributed by atoms with E-state index in [0.717, 1.165) is 13.0 Å². The molecule has 0 radical (unpaired) electrons. The van der Waals surface area contributed by atoms with Gasteiger partial charge in [-0.3, -0.25) is 4.79 Å². The molecule has 0 saturated heterocycles. The third-order valence-electron chi connectivity index (χ3n) is 1.31. The molecule has 0 aliphatic carbocycles. The van der Waals surface area contributed by atoms with Gasteiger partial charge in [0.25, 0.3) is 0 Å². The maximum atomic E-state index is 10.4. The summed E-state index contributed by atoms with van der Waals surface area (Å²) in [6.07, 6.45) is 1.55. The highest BCUT2D eigenvalue weighted by molar-refractivity contribution is 5.79. The van der Waals surface area contributed by atoms with Gasteiger partial charge in [-0.15, -0.1) is 0 Å². The van der Waals surface area contributed by atoms with Gasteiger partial charge in [0.1, 0.15) is 0 Å². The first kappa shape index (κ1) is 9.39. The van der Waals surface area contributed by atoms with Crippen LogP contribution in [0.2, 0.25) is 0 Å². The Balaban J connectivity index is 3.21. The topological polar surface area (TPSA) is 81.1 Å². The van der Waals surface area contributed by atoms with Gasteiger partial charge in [-0.25, -0.2) is 0 Å². The van der Waals surface area contributed by atoms with E-state index in [1.807, 2.05) is 7.05 Å². The van der Waals surface area contributed by atoms with E-state index in [1.165, 1.54) is 0 Å². The molecule has 0 aliphatic rings. The number of amides is 1. The Morgan fingerprint density at radius 1 is 1.70 bits per heavy atom. The van der Waals surface area contributed by atoms with Gasteiger partial charge in [0.15, 0.2) is 0 Å². The highest BCUT2D eigenvalue weighted by Crippen LogP contribution is 1.90. The second-order valence-electron chi connectivity index (χ2n) is 2.25. The molecule has 1 unspecified atom stereocenters. The number of carbonyl (C=O) groups is 1. The lowest BCUT2D eigenvalue weighted by atomic mass is 10.1. The highest BCUT2D eigenvalue weighted by Gasteiger charge is 2.06. The van der Waals surface area contributed by atoms with Gasteiger partial charge in [0.05, 0.1) is 6.04 Å². The number of hydrogen-bond donors (Lipinski definition) is 3. The quantitative estimate of drug-likeness (QED) is 0.425. The van der Waals surface area contributed by atoms with E-state index < -0.39 is 11.9 Å². The van der Waals surface area contributed by atoms with E-state index >= 15 is 0 Å². The first-order valence-corrected chi connectivity index (χ1v) is 3.38. The van der Waals surface area contributed by atoms with Gasteiger partial charge in [-0.05, 0) is 26.4 Å². The van der Waals surface area contributed by atoms with Crippen LogP contribution in [-0.4, -0.2) is 25.5 Å². The molecule has 10 heavy (non-hydrogen) atoms. The van der Waals surface area contributed by atoms with Gasteiger partial charge in [0.2, 0.25) is 5.91 Å². The van der Waals surface area contributed by atoms with E-state index in [1.54, 1.807) is 0 Å². The van der Waals surface area contributed by atoms with Crippen molar-refractivity contribution in [3.8, 4) is 0 Å². The van der Waals surface area contributed by atoms with Crippen molar-refractivity contribution < 1.29 is 4.79 Å². The van der Waals surface area contributed by atoms with E-state index in [2.05, 4.69) is 5.32 Å². The second-order valence-corrected chi connectivity index (χ2v) is 2.25. The minimum Gasteiger partial charge on any atom is -0.368 e. The molecule has 0 rings (SSSR count). The zero-order valence-electron chi connectivity index (χ0n) is 6.26. The van der Waals surface area contributed by atoms with Crippen molar-refractivity contribution in [2.75, 3.05) is 13.6 Å². The van der Waals surface area contributed by atoms with Crippen molar-refractivity contribution in [1.82, 2.24) is 5.32 Å². The molecule has 60 valence electrons. The predicted octanol–water partition coefficient (Wildman–Crippen LogP) is -1.20. The van der Waals surface area contributed by atoms with E-state index in [0.29, 0.717) is 6.42 Å². The molecule has 0 fully saturated rings. The van der Waals surface area contributed by atoms with Crippen LogP contribution in [0.5, 0.6) is 0 Å². The third kappa shape index (κ3) is 4.29. The monoisotopic (exact) mass is 145 g/mol. The van der Waals surface area contributed by atoms with Crippen molar-refractivity contribution in [3.05, 3.63) is 0 Å². The lowest BCUT2D eigenvalue weighted by Gasteiger charge is -2.05. The van der Waals surface area contributed by atoms with Crippen molar-refractivity contribution in [3.63, 3.8) is 0 Å². The number of hydrogen-bond acceptors (Lipinski definition) is 3. The molecule has 0 bridgehead atoms. The number of nitrogens with two attached hydrogens (primary N) is 2. The minimum absolute atomic E-state index is 0.420. The Kier molecular flexibility index (Phi) is 4.88. The SMILES string of the molecule is CNCCCC(N)C(N)=O. The van der Waals surface area contributed by atoms with Crippen LogP contribution < -0.4 is 16.8 Å². The summed E-state index contributed by atoms with van der Waals surface area (Å²) < 4.78 is 0. The summed E-state index contributed by atoms with van der Waals surface area (Å²) in [7, 11) is 1.86. The Morgan fingerprint density at radius 3 is 2.70 bits per heavy atom. The van der Waals surface area contributed by atoms with Crippen molar-refractivity contribution in [2.45, 2.75) is 18.9 Å². The van der Waals surface area contributed by atoms with Gasteiger partial charge in [-0.1, -0.05) is 0 Å². The van der Waals surface area contributed by atoms with Crippen LogP contribution in [0, 0.1) is 0 Å². The van der Waals surface area contributed by atoms with Crippen molar-refractivity contribution in [2.24, 2.45) is 11.5 Å². The molecule has 5 N–H and O–H groups in total. The Labute approximate surface area is 61.0 Å². The normalized spacial score (nSPS) is 13.0. The van der Waals surface area contributed by atoms with Crippen LogP contribution in [0.3, 0.4) is 0 Å². The number of nitrogens with one attached hydrogen (secondary N) is 1. The van der Waals surface area contributed by atoms with Gasteiger partial charge in [0, 0.05) is 0 Å². The molecule has 0 aromatic heterocycles. The van der Waals surface area contributed by atoms with E-state index in [9.17, 15) is 4.79 Å². The molecule has 0 aromatic carbocycles.